The summed E-state index contributed by atoms with van der Waals surface area (Å²) in [6.07, 6.45) is 5.18. The van der Waals surface area contributed by atoms with Crippen LogP contribution in [0, 0.1) is 0 Å². The molecule has 39 heavy (non-hydrogen) atoms. The average Bonchev–Trinajstić information content (AvgIpc) is 3.46. The first-order valence-electron chi connectivity index (χ1n) is 12.7. The van der Waals surface area contributed by atoms with Crippen LogP contribution in [0.25, 0.3) is 0 Å². The Kier molecular flexibility index (Phi) is 9.45. The minimum absolute atomic E-state index is 0.299. The molecule has 1 saturated heterocycles. The third-order valence-electron chi connectivity index (χ3n) is 6.48. The van der Waals surface area contributed by atoms with Crippen molar-refractivity contribution in [2.75, 3.05) is 68.3 Å². The molecule has 2 aromatic carbocycles. The summed E-state index contributed by atoms with van der Waals surface area (Å²) in [5.74, 6) is 1.98. The van der Waals surface area contributed by atoms with Crippen LogP contribution in [-0.2, 0) is 4.79 Å². The van der Waals surface area contributed by atoms with E-state index >= 15 is 0 Å². The first-order valence-corrected chi connectivity index (χ1v) is 13.1. The number of carbonyl (C=O) groups is 1. The van der Waals surface area contributed by atoms with Crippen molar-refractivity contribution < 1.29 is 14.3 Å². The van der Waals surface area contributed by atoms with Crippen molar-refractivity contribution in [1.82, 2.24) is 14.9 Å². The molecule has 4 rings (SSSR count). The lowest BCUT2D eigenvalue weighted by Crippen LogP contribution is -2.32. The van der Waals surface area contributed by atoms with Gasteiger partial charge >= 0.3 is 0 Å². The van der Waals surface area contributed by atoms with E-state index in [2.05, 4.69) is 42.3 Å². The number of amides is 1. The van der Waals surface area contributed by atoms with Gasteiger partial charge in [0.05, 0.1) is 36.3 Å². The van der Waals surface area contributed by atoms with Gasteiger partial charge in [0.15, 0.2) is 0 Å². The number of ether oxygens (including phenoxy) is 2. The molecule has 0 aliphatic carbocycles. The number of hydrogen-bond donors (Lipinski definition) is 3. The number of rotatable bonds is 12. The number of carbonyl (C=O) groups excluding carboxylic acids is 1. The number of nitrogens with zero attached hydrogens (tertiary/aromatic N) is 4. The molecule has 3 N–H and O–H groups in total. The summed E-state index contributed by atoms with van der Waals surface area (Å²) in [6, 6.07) is 10.9. The summed E-state index contributed by atoms with van der Waals surface area (Å²) >= 11 is 6.25. The van der Waals surface area contributed by atoms with Crippen molar-refractivity contribution in [3.8, 4) is 11.5 Å². The first kappa shape index (κ1) is 28.0. The second kappa shape index (κ2) is 13.2. The van der Waals surface area contributed by atoms with E-state index in [4.69, 9.17) is 21.1 Å². The quantitative estimate of drug-likeness (QED) is 0.259. The summed E-state index contributed by atoms with van der Waals surface area (Å²) in [6.45, 7) is 7.60. The van der Waals surface area contributed by atoms with Crippen molar-refractivity contribution in [2.45, 2.75) is 12.8 Å². The predicted octanol–water partition coefficient (Wildman–Crippen LogP) is 5.29. The standard InChI is InChI=1S/C28H34ClN7O3/c1-5-28(37)34-21-15-22(25(39-4)16-23(21)35(2)12-13-36-10-6-7-11-36)33-27-17-26(30-18-31-27)32-19-8-9-24(38-3)20(29)14-19/h5,8-9,14-18H,1,6-7,10-13H2,2-4H3,(H,34,37)(H2,30,31,32,33). The van der Waals surface area contributed by atoms with Gasteiger partial charge in [-0.1, -0.05) is 18.2 Å². The van der Waals surface area contributed by atoms with Gasteiger partial charge in [-0.15, -0.1) is 0 Å². The number of hydrogen-bond acceptors (Lipinski definition) is 9. The molecular weight excluding hydrogens is 518 g/mol. The highest BCUT2D eigenvalue weighted by Crippen LogP contribution is 2.38. The minimum atomic E-state index is -0.299. The molecular formula is C28H34ClN7O3. The van der Waals surface area contributed by atoms with Crippen LogP contribution in [-0.4, -0.2) is 68.2 Å². The fourth-order valence-electron chi connectivity index (χ4n) is 4.38. The van der Waals surface area contributed by atoms with Gasteiger partial charge in [-0.2, -0.15) is 0 Å². The van der Waals surface area contributed by atoms with Crippen LogP contribution in [0.5, 0.6) is 11.5 Å². The number of halogens is 1. The van der Waals surface area contributed by atoms with Gasteiger partial charge in [0.25, 0.3) is 0 Å². The fourth-order valence-corrected chi connectivity index (χ4v) is 4.64. The van der Waals surface area contributed by atoms with Crippen LogP contribution < -0.4 is 30.3 Å². The molecule has 1 aromatic heterocycles. The van der Waals surface area contributed by atoms with E-state index in [1.165, 1.54) is 25.2 Å². The summed E-state index contributed by atoms with van der Waals surface area (Å²) in [4.78, 5) is 25.5. The van der Waals surface area contributed by atoms with Crippen LogP contribution in [0.4, 0.5) is 34.4 Å². The molecule has 3 aromatic rings. The third kappa shape index (κ3) is 7.30. The number of methoxy groups -OCH3 is 2. The second-order valence-corrected chi connectivity index (χ2v) is 9.53. The van der Waals surface area contributed by atoms with E-state index in [0.717, 1.165) is 37.6 Å². The zero-order valence-corrected chi connectivity index (χ0v) is 23.2. The zero-order valence-electron chi connectivity index (χ0n) is 22.5. The molecule has 0 bridgehead atoms. The molecule has 0 radical (unpaired) electrons. The lowest BCUT2D eigenvalue weighted by Gasteiger charge is -2.26. The number of nitrogens with one attached hydrogen (secondary N) is 3. The van der Waals surface area contributed by atoms with Gasteiger partial charge in [-0.3, -0.25) is 4.79 Å². The molecule has 206 valence electrons. The van der Waals surface area contributed by atoms with Gasteiger partial charge < -0.3 is 35.2 Å². The molecule has 2 heterocycles. The highest BCUT2D eigenvalue weighted by atomic mass is 35.5. The average molecular weight is 552 g/mol. The van der Waals surface area contributed by atoms with Crippen molar-refractivity contribution in [2.24, 2.45) is 0 Å². The van der Waals surface area contributed by atoms with E-state index in [1.54, 1.807) is 32.4 Å². The summed E-state index contributed by atoms with van der Waals surface area (Å²) < 4.78 is 10.9. The largest absolute Gasteiger partial charge is 0.495 e. The smallest absolute Gasteiger partial charge is 0.247 e. The Labute approximate surface area is 234 Å². The zero-order chi connectivity index (χ0) is 27.8. The maximum absolute atomic E-state index is 12.3. The van der Waals surface area contributed by atoms with Gasteiger partial charge in [0.2, 0.25) is 5.91 Å². The van der Waals surface area contributed by atoms with Crippen molar-refractivity contribution in [3.05, 3.63) is 60.4 Å². The molecule has 0 unspecified atom stereocenters. The normalized spacial score (nSPS) is 13.0. The second-order valence-electron chi connectivity index (χ2n) is 9.12. The van der Waals surface area contributed by atoms with Crippen LogP contribution >= 0.6 is 11.6 Å². The molecule has 1 fully saturated rings. The van der Waals surface area contributed by atoms with Crippen LogP contribution in [0.3, 0.4) is 0 Å². The van der Waals surface area contributed by atoms with Gasteiger partial charge in [0, 0.05) is 38.0 Å². The molecule has 0 atom stereocenters. The molecule has 1 amide bonds. The summed E-state index contributed by atoms with van der Waals surface area (Å²) in [7, 11) is 5.19. The van der Waals surface area contributed by atoms with E-state index in [1.807, 2.05) is 25.2 Å². The Morgan fingerprint density at radius 1 is 1.05 bits per heavy atom. The lowest BCUT2D eigenvalue weighted by atomic mass is 10.2. The monoisotopic (exact) mass is 551 g/mol. The van der Waals surface area contributed by atoms with Gasteiger partial charge in [-0.05, 0) is 56.3 Å². The minimum Gasteiger partial charge on any atom is -0.495 e. The maximum Gasteiger partial charge on any atom is 0.247 e. The van der Waals surface area contributed by atoms with Crippen LogP contribution in [0.2, 0.25) is 5.02 Å². The van der Waals surface area contributed by atoms with Crippen LogP contribution in [0.1, 0.15) is 12.8 Å². The Bertz CT molecular complexity index is 1310. The highest BCUT2D eigenvalue weighted by Gasteiger charge is 2.18. The molecule has 1 aliphatic heterocycles. The number of benzene rings is 2. The molecule has 11 heteroatoms. The maximum atomic E-state index is 12.3. The Hall–Kier alpha value is -4.02. The molecule has 10 nitrogen and oxygen atoms in total. The van der Waals surface area contributed by atoms with Crippen molar-refractivity contribution in [1.29, 1.82) is 0 Å². The molecule has 1 aliphatic rings. The Morgan fingerprint density at radius 2 is 1.77 bits per heavy atom. The van der Waals surface area contributed by atoms with Gasteiger partial charge in [-0.25, -0.2) is 9.97 Å². The Morgan fingerprint density at radius 3 is 2.44 bits per heavy atom. The predicted molar refractivity (Wildman–Crippen MR) is 157 cm³/mol. The number of anilines is 6. The first-order chi connectivity index (χ1) is 18.9. The van der Waals surface area contributed by atoms with E-state index in [0.29, 0.717) is 39.5 Å². The number of likely N-dealkylation sites (tertiary alicyclic amines) is 1. The van der Waals surface area contributed by atoms with Crippen molar-refractivity contribution in [3.63, 3.8) is 0 Å². The third-order valence-corrected chi connectivity index (χ3v) is 6.77. The fraction of sp³-hybridized carbons (Fsp3) is 0.321. The SMILES string of the molecule is C=CC(=O)Nc1cc(Nc2cc(Nc3ccc(OC)c(Cl)c3)ncn2)c(OC)cc1N(C)CCN1CCCC1. The number of likely N-dealkylation sites (N-methyl/N-ethyl adjacent to an activating group) is 1. The van der Waals surface area contributed by atoms with Crippen LogP contribution in [0.15, 0.2) is 55.4 Å². The summed E-state index contributed by atoms with van der Waals surface area (Å²) in [5, 5.41) is 9.92. The van der Waals surface area contributed by atoms with Gasteiger partial charge in [0.1, 0.15) is 29.5 Å². The molecule has 0 saturated carbocycles. The summed E-state index contributed by atoms with van der Waals surface area (Å²) in [5.41, 5.74) is 2.85. The topological polar surface area (TPSA) is 104 Å². The molecule has 0 spiro atoms. The number of aromatic nitrogens is 2. The highest BCUT2D eigenvalue weighted by molar-refractivity contribution is 6.32. The Balaban J connectivity index is 1.57. The van der Waals surface area contributed by atoms with E-state index in [9.17, 15) is 4.79 Å². The lowest BCUT2D eigenvalue weighted by molar-refractivity contribution is -0.111. The van der Waals surface area contributed by atoms with E-state index < -0.39 is 0 Å². The van der Waals surface area contributed by atoms with Crippen molar-refractivity contribution >= 4 is 51.9 Å². The van der Waals surface area contributed by atoms with E-state index in [-0.39, 0.29) is 5.91 Å².